The fourth-order valence-electron chi connectivity index (χ4n) is 2.01. The van der Waals surface area contributed by atoms with Crippen molar-refractivity contribution < 1.29 is 18.3 Å². The zero-order valence-electron chi connectivity index (χ0n) is 10.7. The van der Waals surface area contributed by atoms with Crippen molar-refractivity contribution >= 4 is 27.6 Å². The largest absolute Gasteiger partial charge is 0.481 e. The van der Waals surface area contributed by atoms with E-state index in [1.54, 1.807) is 18.7 Å². The highest BCUT2D eigenvalue weighted by atomic mass is 32.2. The van der Waals surface area contributed by atoms with Gasteiger partial charge in [-0.2, -0.15) is 11.8 Å². The number of hydrogen-bond donors (Lipinski definition) is 1. The van der Waals surface area contributed by atoms with E-state index < -0.39 is 15.8 Å². The first-order valence-electron chi connectivity index (χ1n) is 6.18. The molecular weight excluding hydrogens is 274 g/mol. The molecule has 1 rings (SSSR count). The molecule has 0 amide bonds. The van der Waals surface area contributed by atoms with E-state index in [-0.39, 0.29) is 24.0 Å². The number of thioether (sulfide) groups is 1. The van der Waals surface area contributed by atoms with E-state index in [1.165, 1.54) is 0 Å². The van der Waals surface area contributed by atoms with E-state index >= 15 is 0 Å². The summed E-state index contributed by atoms with van der Waals surface area (Å²) in [5.41, 5.74) is 0. The highest BCUT2D eigenvalue weighted by Gasteiger charge is 2.24. The Bertz CT molecular complexity index is 369. The van der Waals surface area contributed by atoms with Gasteiger partial charge in [-0.1, -0.05) is 6.92 Å². The van der Waals surface area contributed by atoms with Crippen LogP contribution in [-0.4, -0.2) is 66.5 Å². The molecule has 7 heteroatoms. The van der Waals surface area contributed by atoms with E-state index in [1.807, 2.05) is 0 Å². The molecule has 1 fully saturated rings. The summed E-state index contributed by atoms with van der Waals surface area (Å²) in [6.07, 6.45) is 0.741. The molecule has 0 radical (unpaired) electrons. The van der Waals surface area contributed by atoms with Crippen LogP contribution in [0.2, 0.25) is 0 Å². The predicted octanol–water partition coefficient (Wildman–Crippen LogP) is 0.703. The second-order valence-electron chi connectivity index (χ2n) is 4.45. The molecule has 1 unspecified atom stereocenters. The van der Waals surface area contributed by atoms with Gasteiger partial charge in [-0.3, -0.25) is 9.69 Å². The van der Waals surface area contributed by atoms with Crippen LogP contribution in [0, 0.1) is 0 Å². The van der Waals surface area contributed by atoms with Crippen molar-refractivity contribution in [2.24, 2.45) is 0 Å². The van der Waals surface area contributed by atoms with Crippen LogP contribution in [0.25, 0.3) is 0 Å². The van der Waals surface area contributed by atoms with Crippen LogP contribution < -0.4 is 0 Å². The average Bonchev–Trinajstić information content (AvgIpc) is 2.30. The molecule has 1 aliphatic heterocycles. The summed E-state index contributed by atoms with van der Waals surface area (Å²) in [4.78, 5) is 12.9. The maximum atomic E-state index is 11.4. The lowest BCUT2D eigenvalue weighted by Gasteiger charge is -2.34. The van der Waals surface area contributed by atoms with Gasteiger partial charge < -0.3 is 5.11 Å². The fraction of sp³-hybridized carbons (Fsp3) is 0.909. The molecule has 0 aromatic carbocycles. The summed E-state index contributed by atoms with van der Waals surface area (Å²) in [6, 6.07) is 0.0468. The van der Waals surface area contributed by atoms with Crippen molar-refractivity contribution in [3.8, 4) is 0 Å². The topological polar surface area (TPSA) is 74.7 Å². The molecule has 0 aromatic heterocycles. The van der Waals surface area contributed by atoms with Crippen molar-refractivity contribution in [3.63, 3.8) is 0 Å². The summed E-state index contributed by atoms with van der Waals surface area (Å²) < 4.78 is 22.8. The molecule has 1 saturated heterocycles. The third kappa shape index (κ3) is 5.58. The monoisotopic (exact) mass is 295 g/mol. The third-order valence-electron chi connectivity index (χ3n) is 3.10. The van der Waals surface area contributed by atoms with Gasteiger partial charge in [-0.25, -0.2) is 8.42 Å². The van der Waals surface area contributed by atoms with Crippen molar-refractivity contribution in [3.05, 3.63) is 0 Å². The van der Waals surface area contributed by atoms with Crippen LogP contribution in [0.4, 0.5) is 0 Å². The van der Waals surface area contributed by atoms with Gasteiger partial charge in [0.25, 0.3) is 0 Å². The second kappa shape index (κ2) is 7.35. The Labute approximate surface area is 113 Å². The van der Waals surface area contributed by atoms with Crippen LogP contribution in [-0.2, 0) is 14.6 Å². The lowest BCUT2D eigenvalue weighted by molar-refractivity contribution is -0.138. The smallest absolute Gasteiger partial charge is 0.304 e. The molecule has 0 saturated carbocycles. The summed E-state index contributed by atoms with van der Waals surface area (Å²) in [6.45, 7) is 3.19. The van der Waals surface area contributed by atoms with Crippen LogP contribution in [0.15, 0.2) is 0 Å². The zero-order valence-corrected chi connectivity index (χ0v) is 12.3. The Hall–Kier alpha value is -0.270. The molecule has 0 bridgehead atoms. The summed E-state index contributed by atoms with van der Waals surface area (Å²) in [5, 5.41) is 8.84. The minimum atomic E-state index is -2.91. The molecule has 1 N–H and O–H groups in total. The minimum absolute atomic E-state index is 0.0468. The molecular formula is C11H21NO4S2. The summed E-state index contributed by atoms with van der Waals surface area (Å²) in [5.74, 6) is 1.42. The molecule has 1 aliphatic rings. The number of hydrogen-bond acceptors (Lipinski definition) is 5. The zero-order chi connectivity index (χ0) is 13.6. The highest BCUT2D eigenvalue weighted by Crippen LogP contribution is 2.19. The Kier molecular flexibility index (Phi) is 6.45. The molecule has 0 spiro atoms. The standard InChI is InChI=1S/C11H21NO4S2/c1-2-18(15,16)7-3-4-12-5-6-17-9-10(12)8-11(13)14/h10H,2-9H2,1H3,(H,13,14). The van der Waals surface area contributed by atoms with Gasteiger partial charge in [0.15, 0.2) is 0 Å². The van der Waals surface area contributed by atoms with Crippen LogP contribution >= 0.6 is 11.8 Å². The molecule has 1 heterocycles. The number of carboxylic acid groups (broad SMARTS) is 1. The van der Waals surface area contributed by atoms with Crippen molar-refractivity contribution in [2.45, 2.75) is 25.8 Å². The lowest BCUT2D eigenvalue weighted by Crippen LogP contribution is -2.44. The Morgan fingerprint density at radius 1 is 1.50 bits per heavy atom. The van der Waals surface area contributed by atoms with Crippen LogP contribution in [0.3, 0.4) is 0 Å². The number of sulfone groups is 1. The van der Waals surface area contributed by atoms with E-state index in [2.05, 4.69) is 4.90 Å². The Morgan fingerprint density at radius 3 is 2.83 bits per heavy atom. The van der Waals surface area contributed by atoms with Gasteiger partial charge in [0.05, 0.1) is 12.2 Å². The maximum absolute atomic E-state index is 11.4. The molecule has 18 heavy (non-hydrogen) atoms. The number of aliphatic carboxylic acids is 1. The predicted molar refractivity (Wildman–Crippen MR) is 73.9 cm³/mol. The first-order valence-corrected chi connectivity index (χ1v) is 9.16. The van der Waals surface area contributed by atoms with Crippen molar-refractivity contribution in [1.82, 2.24) is 4.90 Å². The molecule has 5 nitrogen and oxygen atoms in total. The van der Waals surface area contributed by atoms with Gasteiger partial charge in [-0.05, 0) is 13.0 Å². The van der Waals surface area contributed by atoms with Gasteiger partial charge in [0.1, 0.15) is 9.84 Å². The van der Waals surface area contributed by atoms with Gasteiger partial charge in [-0.15, -0.1) is 0 Å². The quantitative estimate of drug-likeness (QED) is 0.745. The lowest BCUT2D eigenvalue weighted by atomic mass is 10.2. The van der Waals surface area contributed by atoms with Crippen LogP contribution in [0.5, 0.6) is 0 Å². The molecule has 106 valence electrons. The average molecular weight is 295 g/mol. The highest BCUT2D eigenvalue weighted by molar-refractivity contribution is 7.99. The number of carboxylic acids is 1. The number of nitrogens with zero attached hydrogens (tertiary/aromatic N) is 1. The van der Waals surface area contributed by atoms with Crippen molar-refractivity contribution in [2.75, 3.05) is 36.1 Å². The first-order chi connectivity index (χ1) is 8.44. The fourth-order valence-corrected chi connectivity index (χ4v) is 3.99. The van der Waals surface area contributed by atoms with E-state index in [9.17, 15) is 13.2 Å². The molecule has 0 aliphatic carbocycles. The Morgan fingerprint density at radius 2 is 2.22 bits per heavy atom. The Balaban J connectivity index is 2.40. The summed E-state index contributed by atoms with van der Waals surface area (Å²) >= 11 is 1.77. The third-order valence-corrected chi connectivity index (χ3v) is 5.98. The SMILES string of the molecule is CCS(=O)(=O)CCCN1CCSCC1CC(=O)O. The maximum Gasteiger partial charge on any atom is 0.304 e. The molecule has 1 atom stereocenters. The van der Waals surface area contributed by atoms with Crippen molar-refractivity contribution in [1.29, 1.82) is 0 Å². The summed E-state index contributed by atoms with van der Waals surface area (Å²) in [7, 11) is -2.91. The minimum Gasteiger partial charge on any atom is -0.481 e. The van der Waals surface area contributed by atoms with E-state index in [0.29, 0.717) is 13.0 Å². The normalized spacial score (nSPS) is 21.9. The van der Waals surface area contributed by atoms with Gasteiger partial charge in [0.2, 0.25) is 0 Å². The second-order valence-corrected chi connectivity index (χ2v) is 8.08. The van der Waals surface area contributed by atoms with E-state index in [4.69, 9.17) is 5.11 Å². The van der Waals surface area contributed by atoms with Gasteiger partial charge >= 0.3 is 5.97 Å². The number of rotatable bonds is 7. The molecule has 0 aromatic rings. The van der Waals surface area contributed by atoms with Gasteiger partial charge in [0, 0.05) is 29.8 Å². The van der Waals surface area contributed by atoms with E-state index in [0.717, 1.165) is 18.1 Å². The number of carbonyl (C=O) groups is 1. The first kappa shape index (κ1) is 15.8. The van der Waals surface area contributed by atoms with Crippen LogP contribution in [0.1, 0.15) is 19.8 Å².